The first-order valence-electron chi connectivity index (χ1n) is 7.53. The van der Waals surface area contributed by atoms with Crippen LogP contribution < -0.4 is 0 Å². The first-order valence-corrected chi connectivity index (χ1v) is 7.53. The third-order valence-electron chi connectivity index (χ3n) is 4.45. The molecule has 0 radical (unpaired) electrons. The number of amides is 1. The molecule has 1 aromatic rings. The van der Waals surface area contributed by atoms with Crippen molar-refractivity contribution in [1.29, 1.82) is 0 Å². The average Bonchev–Trinajstić information content (AvgIpc) is 2.49. The molecule has 0 bridgehead atoms. The molecule has 0 heterocycles. The molecule has 1 fully saturated rings. The molecular formula is C17H25NO3. The molecular weight excluding hydrogens is 266 g/mol. The van der Waals surface area contributed by atoms with Crippen LogP contribution >= 0.6 is 0 Å². The van der Waals surface area contributed by atoms with Crippen molar-refractivity contribution in [2.24, 2.45) is 5.92 Å². The van der Waals surface area contributed by atoms with Crippen LogP contribution in [0.15, 0.2) is 24.3 Å². The second-order valence-electron chi connectivity index (χ2n) is 5.97. The fourth-order valence-electron chi connectivity index (χ4n) is 3.02. The van der Waals surface area contributed by atoms with Crippen molar-refractivity contribution in [3.05, 3.63) is 35.4 Å². The van der Waals surface area contributed by atoms with E-state index >= 15 is 0 Å². The Labute approximate surface area is 126 Å². The number of hydrogen-bond donors (Lipinski definition) is 1. The Morgan fingerprint density at radius 2 is 2.10 bits per heavy atom. The van der Waals surface area contributed by atoms with Gasteiger partial charge >= 0.3 is 0 Å². The van der Waals surface area contributed by atoms with Crippen molar-refractivity contribution in [1.82, 2.24) is 4.90 Å². The number of carbonyl (C=O) groups excluding carboxylic acids is 1. The predicted octanol–water partition coefficient (Wildman–Crippen LogP) is 2.13. The van der Waals surface area contributed by atoms with E-state index in [1.54, 1.807) is 12.0 Å². The largest absolute Gasteiger partial charge is 0.390 e. The Kier molecular flexibility index (Phi) is 5.37. The summed E-state index contributed by atoms with van der Waals surface area (Å²) in [7, 11) is 3.44. The number of aliphatic hydroxyl groups excluding tert-OH is 1. The molecule has 1 aliphatic carbocycles. The Morgan fingerprint density at radius 3 is 2.76 bits per heavy atom. The van der Waals surface area contributed by atoms with Crippen molar-refractivity contribution in [2.75, 3.05) is 14.2 Å². The van der Waals surface area contributed by atoms with Gasteiger partial charge in [-0.3, -0.25) is 4.79 Å². The number of methoxy groups -OCH3 is 1. The number of rotatable bonds is 4. The third-order valence-corrected chi connectivity index (χ3v) is 4.45. The molecule has 4 heteroatoms. The van der Waals surface area contributed by atoms with Gasteiger partial charge in [0, 0.05) is 26.6 Å². The molecule has 1 N–H and O–H groups in total. The number of aliphatic hydroxyl groups is 1. The SMILES string of the molecule is CO[C@@H]1C[C@H](C(=O)N(C)Cc2ccccc2C)CC[C@@H]1O. The van der Waals surface area contributed by atoms with Crippen molar-refractivity contribution in [3.63, 3.8) is 0 Å². The normalized spacial score (nSPS) is 25.6. The zero-order valence-electron chi connectivity index (χ0n) is 13.1. The highest BCUT2D eigenvalue weighted by atomic mass is 16.5. The fraction of sp³-hybridized carbons (Fsp3) is 0.588. The standard InChI is InChI=1S/C17H25NO3/c1-12-6-4-5-7-14(12)11-18(2)17(20)13-8-9-15(19)16(10-13)21-3/h4-7,13,15-16,19H,8-11H2,1-3H3/t13-,15+,16-/m1/s1. The highest BCUT2D eigenvalue weighted by Gasteiger charge is 2.34. The lowest BCUT2D eigenvalue weighted by Crippen LogP contribution is -2.42. The van der Waals surface area contributed by atoms with Gasteiger partial charge in [0.2, 0.25) is 5.91 Å². The van der Waals surface area contributed by atoms with Crippen LogP contribution in [0.25, 0.3) is 0 Å². The summed E-state index contributed by atoms with van der Waals surface area (Å²) < 4.78 is 5.28. The Bertz CT molecular complexity index is 489. The summed E-state index contributed by atoms with van der Waals surface area (Å²) in [5, 5.41) is 9.83. The summed E-state index contributed by atoms with van der Waals surface area (Å²) in [6.45, 7) is 2.69. The van der Waals surface area contributed by atoms with E-state index in [9.17, 15) is 9.90 Å². The maximum Gasteiger partial charge on any atom is 0.225 e. The summed E-state index contributed by atoms with van der Waals surface area (Å²) >= 11 is 0. The summed E-state index contributed by atoms with van der Waals surface area (Å²) in [6.07, 6.45) is 1.31. The third kappa shape index (κ3) is 3.83. The van der Waals surface area contributed by atoms with E-state index < -0.39 is 6.10 Å². The molecule has 1 amide bonds. The maximum atomic E-state index is 12.6. The first-order chi connectivity index (χ1) is 10.0. The minimum atomic E-state index is -0.444. The number of ether oxygens (including phenoxy) is 1. The van der Waals surface area contributed by atoms with Crippen LogP contribution in [0.3, 0.4) is 0 Å². The lowest BCUT2D eigenvalue weighted by Gasteiger charge is -2.33. The number of aryl methyl sites for hydroxylation is 1. The number of nitrogens with zero attached hydrogens (tertiary/aromatic N) is 1. The Morgan fingerprint density at radius 1 is 1.38 bits per heavy atom. The lowest BCUT2D eigenvalue weighted by atomic mass is 9.84. The molecule has 0 spiro atoms. The summed E-state index contributed by atoms with van der Waals surface area (Å²) in [4.78, 5) is 14.4. The smallest absolute Gasteiger partial charge is 0.225 e. The molecule has 2 rings (SSSR count). The molecule has 1 aliphatic rings. The van der Waals surface area contributed by atoms with Crippen LogP contribution in [0, 0.1) is 12.8 Å². The van der Waals surface area contributed by atoms with Crippen LogP contribution in [-0.2, 0) is 16.1 Å². The first kappa shape index (κ1) is 16.0. The maximum absolute atomic E-state index is 12.6. The minimum Gasteiger partial charge on any atom is -0.390 e. The Hall–Kier alpha value is -1.39. The van der Waals surface area contributed by atoms with Gasteiger partial charge in [-0.25, -0.2) is 0 Å². The topological polar surface area (TPSA) is 49.8 Å². The zero-order valence-corrected chi connectivity index (χ0v) is 13.1. The van der Waals surface area contributed by atoms with Crippen molar-refractivity contribution >= 4 is 5.91 Å². The second-order valence-corrected chi connectivity index (χ2v) is 5.97. The number of benzene rings is 1. The molecule has 0 aliphatic heterocycles. The van der Waals surface area contributed by atoms with Gasteiger partial charge in [-0.1, -0.05) is 24.3 Å². The summed E-state index contributed by atoms with van der Waals surface area (Å²) in [5.74, 6) is 0.0968. The molecule has 4 nitrogen and oxygen atoms in total. The minimum absolute atomic E-state index is 0.0487. The van der Waals surface area contributed by atoms with Gasteiger partial charge in [0.1, 0.15) is 0 Å². The fourth-order valence-corrected chi connectivity index (χ4v) is 3.02. The summed E-state index contributed by atoms with van der Waals surface area (Å²) in [5.41, 5.74) is 2.37. The monoisotopic (exact) mass is 291 g/mol. The van der Waals surface area contributed by atoms with Crippen LogP contribution in [-0.4, -0.2) is 42.3 Å². The van der Waals surface area contributed by atoms with E-state index in [4.69, 9.17) is 4.74 Å². The van der Waals surface area contributed by atoms with Gasteiger partial charge in [-0.15, -0.1) is 0 Å². The number of hydrogen-bond acceptors (Lipinski definition) is 3. The van der Waals surface area contributed by atoms with E-state index in [-0.39, 0.29) is 17.9 Å². The van der Waals surface area contributed by atoms with Crippen LogP contribution in [0.4, 0.5) is 0 Å². The van der Waals surface area contributed by atoms with Crippen molar-refractivity contribution in [3.8, 4) is 0 Å². The van der Waals surface area contributed by atoms with Crippen LogP contribution in [0.5, 0.6) is 0 Å². The molecule has 116 valence electrons. The van der Waals surface area contributed by atoms with E-state index in [0.29, 0.717) is 19.4 Å². The van der Waals surface area contributed by atoms with E-state index in [1.807, 2.05) is 19.2 Å². The van der Waals surface area contributed by atoms with Gasteiger partial charge in [0.25, 0.3) is 0 Å². The molecule has 21 heavy (non-hydrogen) atoms. The van der Waals surface area contributed by atoms with E-state index in [2.05, 4.69) is 19.1 Å². The highest BCUT2D eigenvalue weighted by molar-refractivity contribution is 5.78. The van der Waals surface area contributed by atoms with Crippen molar-refractivity contribution in [2.45, 2.75) is 44.9 Å². The summed E-state index contributed by atoms with van der Waals surface area (Å²) in [6, 6.07) is 8.12. The molecule has 1 aromatic carbocycles. The quantitative estimate of drug-likeness (QED) is 0.924. The molecule has 0 saturated heterocycles. The highest BCUT2D eigenvalue weighted by Crippen LogP contribution is 2.28. The van der Waals surface area contributed by atoms with E-state index in [1.165, 1.54) is 11.1 Å². The van der Waals surface area contributed by atoms with Gasteiger partial charge in [-0.05, 0) is 37.3 Å². The molecule has 3 atom stereocenters. The van der Waals surface area contributed by atoms with Gasteiger partial charge in [0.15, 0.2) is 0 Å². The van der Waals surface area contributed by atoms with E-state index in [0.717, 1.165) is 6.42 Å². The lowest BCUT2D eigenvalue weighted by molar-refractivity contribution is -0.140. The van der Waals surface area contributed by atoms with Crippen molar-refractivity contribution < 1.29 is 14.6 Å². The second kappa shape index (κ2) is 7.05. The zero-order chi connectivity index (χ0) is 15.4. The van der Waals surface area contributed by atoms with Gasteiger partial charge in [-0.2, -0.15) is 0 Å². The van der Waals surface area contributed by atoms with Gasteiger partial charge < -0.3 is 14.7 Å². The van der Waals surface area contributed by atoms with Gasteiger partial charge in [0.05, 0.1) is 12.2 Å². The van der Waals surface area contributed by atoms with Crippen LogP contribution in [0.1, 0.15) is 30.4 Å². The number of carbonyl (C=O) groups is 1. The molecule has 0 unspecified atom stereocenters. The average molecular weight is 291 g/mol. The molecule has 0 aromatic heterocycles. The molecule has 1 saturated carbocycles. The predicted molar refractivity (Wildman–Crippen MR) is 81.8 cm³/mol. The van der Waals surface area contributed by atoms with Crippen LogP contribution in [0.2, 0.25) is 0 Å². The Balaban J connectivity index is 1.98.